The number of H-pyrrole nitrogens is 1. The first kappa shape index (κ1) is 14.8. The molecule has 5 rings (SSSR count). The van der Waals surface area contributed by atoms with Crippen LogP contribution in [0.2, 0.25) is 0 Å². The molecule has 0 saturated carbocycles. The Bertz CT molecular complexity index is 1190. The number of hydrogen-bond donors (Lipinski definition) is 1. The molecule has 0 radical (unpaired) electrons. The van der Waals surface area contributed by atoms with Gasteiger partial charge in [0.25, 0.3) is 5.56 Å². The molecule has 0 unspecified atom stereocenters. The first-order valence-corrected chi connectivity index (χ1v) is 8.19. The Morgan fingerprint density at radius 3 is 2.92 bits per heavy atom. The lowest BCUT2D eigenvalue weighted by molar-refractivity contribution is 0.174. The van der Waals surface area contributed by atoms with Gasteiger partial charge in [-0.25, -0.2) is 4.98 Å². The molecule has 1 aromatic carbocycles. The maximum Gasteiger partial charge on any atom is 0.274 e. The number of fused-ring (bicyclic) bond motifs is 2. The molecule has 0 aliphatic carbocycles. The van der Waals surface area contributed by atoms with Gasteiger partial charge in [0.15, 0.2) is 17.1 Å². The monoisotopic (exact) mass is 350 g/mol. The van der Waals surface area contributed by atoms with Crippen LogP contribution in [0.1, 0.15) is 12.7 Å². The lowest BCUT2D eigenvalue weighted by Gasteiger charge is -2.05. The van der Waals surface area contributed by atoms with Crippen molar-refractivity contribution in [2.45, 2.75) is 13.3 Å². The highest BCUT2D eigenvalue weighted by Crippen LogP contribution is 2.35. The summed E-state index contributed by atoms with van der Waals surface area (Å²) in [6, 6.07) is 7.01. The van der Waals surface area contributed by atoms with Crippen molar-refractivity contribution < 1.29 is 13.9 Å². The van der Waals surface area contributed by atoms with Crippen LogP contribution in [0.4, 0.5) is 0 Å². The molecule has 3 aromatic heterocycles. The molecule has 4 heterocycles. The molecule has 0 amide bonds. The first-order chi connectivity index (χ1) is 12.7. The van der Waals surface area contributed by atoms with Gasteiger partial charge in [0.05, 0.1) is 18.1 Å². The van der Waals surface area contributed by atoms with E-state index < -0.39 is 0 Å². The Labute approximate surface area is 147 Å². The number of nitrogens with zero attached hydrogens (tertiary/aromatic N) is 3. The molecule has 1 aliphatic heterocycles. The minimum Gasteiger partial charge on any atom is -0.454 e. The van der Waals surface area contributed by atoms with E-state index in [1.807, 2.05) is 25.1 Å². The second-order valence-electron chi connectivity index (χ2n) is 5.89. The van der Waals surface area contributed by atoms with E-state index in [1.165, 1.54) is 10.6 Å². The van der Waals surface area contributed by atoms with Crippen molar-refractivity contribution in [1.82, 2.24) is 19.6 Å². The fourth-order valence-electron chi connectivity index (χ4n) is 2.96. The lowest BCUT2D eigenvalue weighted by Crippen LogP contribution is -2.14. The summed E-state index contributed by atoms with van der Waals surface area (Å²) in [6.45, 7) is 2.19. The van der Waals surface area contributed by atoms with Crippen molar-refractivity contribution in [1.29, 1.82) is 0 Å². The van der Waals surface area contributed by atoms with E-state index in [0.717, 1.165) is 17.7 Å². The number of aromatic amines is 1. The Hall–Kier alpha value is -3.55. The Kier molecular flexibility index (Phi) is 3.11. The van der Waals surface area contributed by atoms with Crippen molar-refractivity contribution in [3.63, 3.8) is 0 Å². The fourth-order valence-corrected chi connectivity index (χ4v) is 2.96. The SMILES string of the molecule is CCc1cnc(-c2cnn3c(=O)cc(-c4ccc5c(c4)OCO5)[nH]c23)o1. The van der Waals surface area contributed by atoms with Crippen LogP contribution in [-0.4, -0.2) is 26.4 Å². The van der Waals surface area contributed by atoms with Crippen LogP contribution in [0.5, 0.6) is 11.5 Å². The van der Waals surface area contributed by atoms with Crippen molar-refractivity contribution in [3.8, 4) is 34.2 Å². The number of oxazole rings is 1. The van der Waals surface area contributed by atoms with Crippen molar-refractivity contribution in [2.24, 2.45) is 0 Å². The molecule has 0 saturated heterocycles. The van der Waals surface area contributed by atoms with E-state index in [1.54, 1.807) is 12.4 Å². The predicted molar refractivity (Wildman–Crippen MR) is 92.2 cm³/mol. The average Bonchev–Trinajstić information content (AvgIpc) is 3.39. The molecule has 26 heavy (non-hydrogen) atoms. The summed E-state index contributed by atoms with van der Waals surface area (Å²) in [7, 11) is 0. The Morgan fingerprint density at radius 1 is 1.19 bits per heavy atom. The molecule has 0 atom stereocenters. The number of aromatic nitrogens is 4. The van der Waals surface area contributed by atoms with Crippen LogP contribution in [0.25, 0.3) is 28.4 Å². The van der Waals surface area contributed by atoms with Crippen molar-refractivity contribution in [2.75, 3.05) is 6.79 Å². The van der Waals surface area contributed by atoms with Gasteiger partial charge in [-0.2, -0.15) is 9.61 Å². The highest BCUT2D eigenvalue weighted by molar-refractivity contribution is 5.74. The van der Waals surface area contributed by atoms with Gasteiger partial charge < -0.3 is 18.9 Å². The van der Waals surface area contributed by atoms with Crippen molar-refractivity contribution >= 4 is 5.65 Å². The van der Waals surface area contributed by atoms with Gasteiger partial charge in [-0.15, -0.1) is 0 Å². The number of benzene rings is 1. The topological polar surface area (TPSA) is 94.7 Å². The van der Waals surface area contributed by atoms with Crippen LogP contribution < -0.4 is 15.0 Å². The van der Waals surface area contributed by atoms with E-state index in [9.17, 15) is 4.79 Å². The second kappa shape index (κ2) is 5.48. The van der Waals surface area contributed by atoms with Crippen molar-refractivity contribution in [3.05, 3.63) is 52.8 Å². The Balaban J connectivity index is 1.68. The summed E-state index contributed by atoms with van der Waals surface area (Å²) in [5.74, 6) is 2.54. The molecule has 1 N–H and O–H groups in total. The third kappa shape index (κ3) is 2.19. The minimum atomic E-state index is -0.250. The number of aryl methyl sites for hydroxylation is 1. The summed E-state index contributed by atoms with van der Waals surface area (Å²) in [4.78, 5) is 20.0. The standard InChI is InChI=1S/C18H14N4O4/c1-2-11-7-19-18(26-11)12-8-20-22-16(23)6-13(21-17(12)22)10-3-4-14-15(5-10)25-9-24-14/h3-8,21H,2,9H2,1H3. The second-order valence-corrected chi connectivity index (χ2v) is 5.89. The summed E-state index contributed by atoms with van der Waals surface area (Å²) >= 11 is 0. The number of nitrogens with one attached hydrogen (secondary N) is 1. The van der Waals surface area contributed by atoms with E-state index in [4.69, 9.17) is 13.9 Å². The smallest absolute Gasteiger partial charge is 0.274 e. The third-order valence-corrected chi connectivity index (χ3v) is 4.31. The Morgan fingerprint density at radius 2 is 2.08 bits per heavy atom. The molecule has 0 fully saturated rings. The molecule has 1 aliphatic rings. The zero-order valence-corrected chi connectivity index (χ0v) is 13.9. The highest BCUT2D eigenvalue weighted by atomic mass is 16.7. The average molecular weight is 350 g/mol. The van der Waals surface area contributed by atoms with Crippen LogP contribution in [0, 0.1) is 0 Å². The summed E-state index contributed by atoms with van der Waals surface area (Å²) in [6.07, 6.45) is 3.99. The molecule has 0 bridgehead atoms. The van der Waals surface area contributed by atoms with Gasteiger partial charge in [0.1, 0.15) is 11.3 Å². The van der Waals surface area contributed by atoms with Crippen LogP contribution in [-0.2, 0) is 6.42 Å². The zero-order valence-electron chi connectivity index (χ0n) is 13.9. The van der Waals surface area contributed by atoms with E-state index in [0.29, 0.717) is 34.3 Å². The molecule has 4 aromatic rings. The normalized spacial score (nSPS) is 12.8. The molecule has 130 valence electrons. The highest BCUT2D eigenvalue weighted by Gasteiger charge is 2.18. The maximum atomic E-state index is 12.5. The van der Waals surface area contributed by atoms with Gasteiger partial charge in [-0.05, 0) is 18.2 Å². The van der Waals surface area contributed by atoms with Crippen LogP contribution in [0.15, 0.2) is 45.9 Å². The van der Waals surface area contributed by atoms with E-state index in [2.05, 4.69) is 15.1 Å². The minimum absolute atomic E-state index is 0.199. The fraction of sp³-hybridized carbons (Fsp3) is 0.167. The third-order valence-electron chi connectivity index (χ3n) is 4.31. The molecule has 8 heteroatoms. The summed E-state index contributed by atoms with van der Waals surface area (Å²) < 4.78 is 17.7. The molecule has 0 spiro atoms. The first-order valence-electron chi connectivity index (χ1n) is 8.19. The van der Waals surface area contributed by atoms with Gasteiger partial charge in [-0.3, -0.25) is 4.79 Å². The van der Waals surface area contributed by atoms with Crippen LogP contribution >= 0.6 is 0 Å². The predicted octanol–water partition coefficient (Wildman–Crippen LogP) is 2.64. The largest absolute Gasteiger partial charge is 0.454 e. The molecular weight excluding hydrogens is 336 g/mol. The van der Waals surface area contributed by atoms with Gasteiger partial charge in [0, 0.05) is 18.1 Å². The van der Waals surface area contributed by atoms with Gasteiger partial charge >= 0.3 is 0 Å². The zero-order chi connectivity index (χ0) is 17.7. The summed E-state index contributed by atoms with van der Waals surface area (Å²) in [5, 5.41) is 4.15. The number of ether oxygens (including phenoxy) is 2. The molecule has 8 nitrogen and oxygen atoms in total. The summed E-state index contributed by atoms with van der Waals surface area (Å²) in [5.41, 5.74) is 2.35. The van der Waals surface area contributed by atoms with E-state index >= 15 is 0 Å². The van der Waals surface area contributed by atoms with Crippen LogP contribution in [0.3, 0.4) is 0 Å². The quantitative estimate of drug-likeness (QED) is 0.610. The number of rotatable bonds is 3. The van der Waals surface area contributed by atoms with Gasteiger partial charge in [0.2, 0.25) is 12.7 Å². The maximum absolute atomic E-state index is 12.5. The van der Waals surface area contributed by atoms with Gasteiger partial charge in [-0.1, -0.05) is 6.92 Å². The number of hydrogen-bond acceptors (Lipinski definition) is 6. The molecular formula is C18H14N4O4. The van der Waals surface area contributed by atoms with E-state index in [-0.39, 0.29) is 12.4 Å². The lowest BCUT2D eigenvalue weighted by atomic mass is 10.1.